The van der Waals surface area contributed by atoms with Crippen LogP contribution in [0.15, 0.2) is 0 Å². The lowest BCUT2D eigenvalue weighted by atomic mass is 9.71. The minimum Gasteiger partial charge on any atom is -0.481 e. The first-order valence-corrected chi connectivity index (χ1v) is 7.28. The Morgan fingerprint density at radius 2 is 1.94 bits per heavy atom. The van der Waals surface area contributed by atoms with E-state index in [9.17, 15) is 19.5 Å². The van der Waals surface area contributed by atoms with Crippen molar-refractivity contribution in [3.8, 4) is 0 Å². The highest BCUT2D eigenvalue weighted by molar-refractivity contribution is 8.00. The Morgan fingerprint density at radius 1 is 1.33 bits per heavy atom. The van der Waals surface area contributed by atoms with E-state index in [1.165, 1.54) is 16.7 Å². The number of nitrogens with zero attached hydrogens (tertiary/aromatic N) is 1. The van der Waals surface area contributed by atoms with E-state index < -0.39 is 17.4 Å². The molecule has 0 bridgehead atoms. The number of hydrogen-bond donors (Lipinski definition) is 1. The molecule has 0 radical (unpaired) electrons. The van der Waals surface area contributed by atoms with Gasteiger partial charge >= 0.3 is 5.97 Å². The summed E-state index contributed by atoms with van der Waals surface area (Å²) in [4.78, 5) is 36.5. The summed E-state index contributed by atoms with van der Waals surface area (Å²) in [5, 5.41) is 9.42. The average molecular weight is 271 g/mol. The Bertz CT molecular complexity index is 382. The quantitative estimate of drug-likeness (QED) is 0.762. The van der Waals surface area contributed by atoms with E-state index in [1.54, 1.807) is 6.92 Å². The molecule has 0 aromatic carbocycles. The number of imide groups is 1. The number of amides is 2. The second-order valence-corrected chi connectivity index (χ2v) is 6.12. The summed E-state index contributed by atoms with van der Waals surface area (Å²) in [6.07, 6.45) is 2.84. The Labute approximate surface area is 110 Å². The zero-order valence-electron chi connectivity index (χ0n) is 10.3. The van der Waals surface area contributed by atoms with Crippen LogP contribution in [0.4, 0.5) is 0 Å². The van der Waals surface area contributed by atoms with Crippen LogP contribution in [-0.4, -0.2) is 45.3 Å². The van der Waals surface area contributed by atoms with E-state index >= 15 is 0 Å². The number of thioether (sulfide) groups is 1. The Balaban J connectivity index is 2.30. The van der Waals surface area contributed by atoms with E-state index in [4.69, 9.17) is 0 Å². The summed E-state index contributed by atoms with van der Waals surface area (Å²) in [7, 11) is 0. The normalized spacial score (nSPS) is 33.6. The van der Waals surface area contributed by atoms with Gasteiger partial charge in [0.05, 0.1) is 23.0 Å². The third kappa shape index (κ3) is 2.13. The fraction of sp³-hybridized carbons (Fsp3) is 0.750. The molecule has 2 fully saturated rings. The standard InChI is InChI=1S/C12H17NO4S/c1-12(11(16)17)5-3-2-4-8(12)13-9(14)6-18-7-10(13)15/h8H,2-7H2,1H3,(H,16,17). The molecule has 1 saturated carbocycles. The lowest BCUT2D eigenvalue weighted by Gasteiger charge is -2.44. The lowest BCUT2D eigenvalue weighted by Crippen LogP contribution is -2.58. The van der Waals surface area contributed by atoms with Gasteiger partial charge in [0, 0.05) is 0 Å². The first-order valence-electron chi connectivity index (χ1n) is 6.13. The van der Waals surface area contributed by atoms with E-state index in [0.29, 0.717) is 12.8 Å². The van der Waals surface area contributed by atoms with Crippen molar-refractivity contribution in [2.45, 2.75) is 38.6 Å². The zero-order chi connectivity index (χ0) is 13.3. The van der Waals surface area contributed by atoms with Crippen LogP contribution in [0.2, 0.25) is 0 Å². The smallest absolute Gasteiger partial charge is 0.311 e. The first kappa shape index (κ1) is 13.4. The van der Waals surface area contributed by atoms with E-state index in [0.717, 1.165) is 12.8 Å². The molecule has 2 atom stereocenters. The maximum Gasteiger partial charge on any atom is 0.311 e. The monoisotopic (exact) mass is 271 g/mol. The van der Waals surface area contributed by atoms with Crippen molar-refractivity contribution >= 4 is 29.5 Å². The van der Waals surface area contributed by atoms with Gasteiger partial charge in [-0.25, -0.2) is 0 Å². The molecule has 1 aliphatic carbocycles. The zero-order valence-corrected chi connectivity index (χ0v) is 11.2. The molecule has 2 amide bonds. The van der Waals surface area contributed by atoms with Crippen LogP contribution < -0.4 is 0 Å². The van der Waals surface area contributed by atoms with Crippen molar-refractivity contribution in [1.29, 1.82) is 0 Å². The topological polar surface area (TPSA) is 74.7 Å². The predicted molar refractivity (Wildman–Crippen MR) is 67.2 cm³/mol. The van der Waals surface area contributed by atoms with Crippen LogP contribution in [0.3, 0.4) is 0 Å². The molecule has 0 aromatic heterocycles. The molecular weight excluding hydrogens is 254 g/mol. The lowest BCUT2D eigenvalue weighted by molar-refractivity contribution is -0.161. The number of carbonyl (C=O) groups excluding carboxylic acids is 2. The maximum absolute atomic E-state index is 11.9. The molecule has 18 heavy (non-hydrogen) atoms. The molecule has 1 N–H and O–H groups in total. The molecule has 2 aliphatic rings. The molecule has 0 spiro atoms. The van der Waals surface area contributed by atoms with E-state index in [1.807, 2.05) is 0 Å². The van der Waals surface area contributed by atoms with Crippen molar-refractivity contribution in [3.63, 3.8) is 0 Å². The minimum absolute atomic E-state index is 0.240. The van der Waals surface area contributed by atoms with Crippen LogP contribution in [0.25, 0.3) is 0 Å². The van der Waals surface area contributed by atoms with Crippen molar-refractivity contribution in [2.24, 2.45) is 5.41 Å². The number of carboxylic acid groups (broad SMARTS) is 1. The molecule has 1 aliphatic heterocycles. The summed E-state index contributed by atoms with van der Waals surface area (Å²) < 4.78 is 0. The van der Waals surface area contributed by atoms with Gasteiger partial charge in [0.1, 0.15) is 0 Å². The number of rotatable bonds is 2. The van der Waals surface area contributed by atoms with E-state index in [2.05, 4.69) is 0 Å². The highest BCUT2D eigenvalue weighted by atomic mass is 32.2. The maximum atomic E-state index is 11.9. The number of carboxylic acids is 1. The molecule has 2 unspecified atom stereocenters. The number of carbonyl (C=O) groups is 3. The summed E-state index contributed by atoms with van der Waals surface area (Å²) in [5.41, 5.74) is -0.994. The fourth-order valence-electron chi connectivity index (χ4n) is 2.83. The fourth-order valence-corrected chi connectivity index (χ4v) is 3.56. The van der Waals surface area contributed by atoms with Crippen LogP contribution in [0.5, 0.6) is 0 Å². The van der Waals surface area contributed by atoms with Gasteiger partial charge in [-0.1, -0.05) is 12.8 Å². The molecule has 2 rings (SSSR count). The Kier molecular flexibility index (Phi) is 3.66. The van der Waals surface area contributed by atoms with Gasteiger partial charge in [-0.05, 0) is 19.8 Å². The summed E-state index contributed by atoms with van der Waals surface area (Å²) in [6.45, 7) is 1.65. The Morgan fingerprint density at radius 3 is 2.50 bits per heavy atom. The summed E-state index contributed by atoms with van der Waals surface area (Å²) >= 11 is 1.30. The van der Waals surface area contributed by atoms with Gasteiger partial charge in [0.15, 0.2) is 0 Å². The van der Waals surface area contributed by atoms with Crippen LogP contribution >= 0.6 is 11.8 Å². The van der Waals surface area contributed by atoms with Gasteiger partial charge in [0.25, 0.3) is 0 Å². The molecule has 0 aromatic rings. The van der Waals surface area contributed by atoms with Crippen molar-refractivity contribution < 1.29 is 19.5 Å². The molecule has 100 valence electrons. The van der Waals surface area contributed by atoms with Gasteiger partial charge in [-0.15, -0.1) is 11.8 Å². The Hall–Kier alpha value is -1.04. The molecule has 1 saturated heterocycles. The van der Waals surface area contributed by atoms with E-state index in [-0.39, 0.29) is 23.3 Å². The largest absolute Gasteiger partial charge is 0.481 e. The first-order chi connectivity index (χ1) is 8.47. The van der Waals surface area contributed by atoms with Crippen LogP contribution in [-0.2, 0) is 14.4 Å². The summed E-state index contributed by atoms with van der Waals surface area (Å²) in [6, 6.07) is -0.482. The predicted octanol–water partition coefficient (Wildman–Crippen LogP) is 1.12. The number of aliphatic carboxylic acids is 1. The van der Waals surface area contributed by atoms with Crippen molar-refractivity contribution in [2.75, 3.05) is 11.5 Å². The van der Waals surface area contributed by atoms with Gasteiger partial charge in [0.2, 0.25) is 11.8 Å². The van der Waals surface area contributed by atoms with Crippen molar-refractivity contribution in [1.82, 2.24) is 4.90 Å². The minimum atomic E-state index is -0.994. The third-order valence-electron chi connectivity index (χ3n) is 3.95. The molecule has 6 heteroatoms. The van der Waals surface area contributed by atoms with Gasteiger partial charge < -0.3 is 5.11 Å². The van der Waals surface area contributed by atoms with Crippen LogP contribution in [0, 0.1) is 5.41 Å². The molecule has 1 heterocycles. The summed E-state index contributed by atoms with van der Waals surface area (Å²) in [5.74, 6) is -0.840. The van der Waals surface area contributed by atoms with Gasteiger partial charge in [-0.3, -0.25) is 19.3 Å². The molecular formula is C12H17NO4S. The number of hydrogen-bond acceptors (Lipinski definition) is 4. The SMILES string of the molecule is CC1(C(=O)O)CCCCC1N1C(=O)CSCC1=O. The second kappa shape index (κ2) is 4.91. The second-order valence-electron chi connectivity index (χ2n) is 5.13. The molecule has 5 nitrogen and oxygen atoms in total. The van der Waals surface area contributed by atoms with Crippen molar-refractivity contribution in [3.05, 3.63) is 0 Å². The van der Waals surface area contributed by atoms with Crippen LogP contribution in [0.1, 0.15) is 32.6 Å². The highest BCUT2D eigenvalue weighted by Gasteiger charge is 2.49. The highest BCUT2D eigenvalue weighted by Crippen LogP contribution is 2.40. The van der Waals surface area contributed by atoms with Gasteiger partial charge in [-0.2, -0.15) is 0 Å². The third-order valence-corrected chi connectivity index (χ3v) is 4.85. The average Bonchev–Trinajstić information content (AvgIpc) is 2.31.